The predicted molar refractivity (Wildman–Crippen MR) is 114 cm³/mol. The van der Waals surface area contributed by atoms with Gasteiger partial charge in [-0.25, -0.2) is 4.79 Å². The monoisotopic (exact) mass is 394 g/mol. The number of piperazine rings is 1. The van der Waals surface area contributed by atoms with Gasteiger partial charge in [0.05, 0.1) is 11.7 Å². The Bertz CT molecular complexity index is 1140. The predicted octanol–water partition coefficient (Wildman–Crippen LogP) is 2.37. The van der Waals surface area contributed by atoms with Crippen LogP contribution in [0.1, 0.15) is 34.6 Å². The van der Waals surface area contributed by atoms with Gasteiger partial charge in [-0.3, -0.25) is 9.69 Å². The summed E-state index contributed by atoms with van der Waals surface area (Å²) in [7, 11) is 4.23. The smallest absolute Gasteiger partial charge is 0.341 e. The lowest BCUT2D eigenvalue weighted by molar-refractivity contribution is 0.0695. The zero-order valence-corrected chi connectivity index (χ0v) is 17.0. The summed E-state index contributed by atoms with van der Waals surface area (Å²) < 4.78 is 2.23. The van der Waals surface area contributed by atoms with E-state index in [4.69, 9.17) is 0 Å². The first kappa shape index (κ1) is 19.4. The van der Waals surface area contributed by atoms with E-state index in [-0.39, 0.29) is 5.56 Å². The quantitative estimate of drug-likeness (QED) is 0.632. The molecule has 1 aromatic carbocycles. The molecule has 0 radical (unpaired) electrons. The minimum Gasteiger partial charge on any atom is -0.477 e. The number of carboxylic acids is 1. The number of fused-ring (bicyclic) bond motifs is 1. The van der Waals surface area contributed by atoms with Crippen LogP contribution < -0.4 is 10.9 Å². The number of hydrogen-bond donors (Lipinski definition) is 3. The minimum absolute atomic E-state index is 0.221. The largest absolute Gasteiger partial charge is 0.477 e. The van der Waals surface area contributed by atoms with Crippen LogP contribution in [0.2, 0.25) is 0 Å². The molecule has 1 fully saturated rings. The van der Waals surface area contributed by atoms with Crippen molar-refractivity contribution in [2.45, 2.75) is 19.4 Å². The molecule has 0 aliphatic carbocycles. The number of aryl methyl sites for hydroxylation is 2. The van der Waals surface area contributed by atoms with Gasteiger partial charge in [0.15, 0.2) is 0 Å². The molecule has 0 amide bonds. The Hall–Kier alpha value is -2.90. The molecule has 1 aliphatic heterocycles. The fraction of sp³-hybridized carbons (Fsp3) is 0.364. The van der Waals surface area contributed by atoms with E-state index in [0.29, 0.717) is 18.2 Å². The number of pyridine rings is 1. The van der Waals surface area contributed by atoms with Crippen LogP contribution in [0.25, 0.3) is 22.2 Å². The summed E-state index contributed by atoms with van der Waals surface area (Å²) in [5.74, 6) is -1.21. The standard InChI is InChI=1S/C22H26N4O3/c1-4-13-10-16(22(28)29)21(27)24-20(13)14-5-6-17-15(9-14)11-18(26(17)3)19-12-23-7-8-25(19)2/h5-6,9-11,19,23H,4,7-8,12H2,1-3H3,(H,24,27)(H,28,29). The number of nitrogens with one attached hydrogen (secondary N) is 2. The summed E-state index contributed by atoms with van der Waals surface area (Å²) in [6.45, 7) is 4.88. The third kappa shape index (κ3) is 3.36. The Morgan fingerprint density at radius 1 is 1.24 bits per heavy atom. The molecule has 3 aromatic rings. The summed E-state index contributed by atoms with van der Waals surface area (Å²) in [6.07, 6.45) is 0.628. The number of aromatic carboxylic acids is 1. The molecule has 1 aliphatic rings. The van der Waals surface area contributed by atoms with E-state index in [1.54, 1.807) is 0 Å². The Labute approximate surface area is 169 Å². The third-order valence-corrected chi connectivity index (χ3v) is 5.95. The number of carboxylic acid groups (broad SMARTS) is 1. The fourth-order valence-electron chi connectivity index (χ4n) is 4.25. The molecule has 7 heteroatoms. The van der Waals surface area contributed by atoms with Crippen molar-refractivity contribution in [1.29, 1.82) is 0 Å². The Kier molecular flexibility index (Phi) is 5.02. The summed E-state index contributed by atoms with van der Waals surface area (Å²) in [6, 6.07) is 10.1. The molecule has 1 atom stereocenters. The first-order chi connectivity index (χ1) is 13.9. The molecule has 1 unspecified atom stereocenters. The maximum Gasteiger partial charge on any atom is 0.341 e. The van der Waals surface area contributed by atoms with Crippen molar-refractivity contribution in [2.75, 3.05) is 26.7 Å². The molecule has 29 heavy (non-hydrogen) atoms. The number of aromatic amines is 1. The topological polar surface area (TPSA) is 90.4 Å². The van der Waals surface area contributed by atoms with Crippen LogP contribution in [0.5, 0.6) is 0 Å². The van der Waals surface area contributed by atoms with Crippen LogP contribution in [0, 0.1) is 0 Å². The number of H-pyrrole nitrogens is 1. The third-order valence-electron chi connectivity index (χ3n) is 5.95. The molecule has 0 spiro atoms. The fourth-order valence-corrected chi connectivity index (χ4v) is 4.25. The molecule has 3 N–H and O–H groups in total. The van der Waals surface area contributed by atoms with E-state index in [0.717, 1.165) is 41.7 Å². The highest BCUT2D eigenvalue weighted by Gasteiger charge is 2.24. The highest BCUT2D eigenvalue weighted by molar-refractivity contribution is 5.89. The molecule has 0 bridgehead atoms. The van der Waals surface area contributed by atoms with Crippen LogP contribution in [0.15, 0.2) is 35.1 Å². The van der Waals surface area contributed by atoms with E-state index < -0.39 is 11.5 Å². The van der Waals surface area contributed by atoms with Gasteiger partial charge in [0.25, 0.3) is 5.56 Å². The Morgan fingerprint density at radius 2 is 2.03 bits per heavy atom. The van der Waals surface area contributed by atoms with E-state index in [9.17, 15) is 14.7 Å². The zero-order valence-electron chi connectivity index (χ0n) is 17.0. The van der Waals surface area contributed by atoms with Crippen molar-refractivity contribution < 1.29 is 9.90 Å². The lowest BCUT2D eigenvalue weighted by Gasteiger charge is -2.33. The molecule has 2 aromatic heterocycles. The average molecular weight is 394 g/mol. The highest BCUT2D eigenvalue weighted by Crippen LogP contribution is 2.31. The lowest BCUT2D eigenvalue weighted by Crippen LogP contribution is -2.44. The molecule has 0 saturated carbocycles. The van der Waals surface area contributed by atoms with Crippen LogP contribution in [0.3, 0.4) is 0 Å². The second-order valence-electron chi connectivity index (χ2n) is 7.67. The SMILES string of the molecule is CCc1cc(C(=O)O)c(=O)[nH]c1-c1ccc2c(c1)cc(C1CNCCN1C)n2C. The van der Waals surface area contributed by atoms with Crippen LogP contribution in [-0.2, 0) is 13.5 Å². The normalized spacial score (nSPS) is 17.7. The maximum atomic E-state index is 12.2. The molecule has 7 nitrogen and oxygen atoms in total. The van der Waals surface area contributed by atoms with Crippen LogP contribution >= 0.6 is 0 Å². The molecule has 1 saturated heterocycles. The summed E-state index contributed by atoms with van der Waals surface area (Å²) in [5.41, 5.74) is 3.97. The number of hydrogen-bond acceptors (Lipinski definition) is 4. The van der Waals surface area contributed by atoms with Crippen molar-refractivity contribution in [2.24, 2.45) is 7.05 Å². The maximum absolute atomic E-state index is 12.2. The van der Waals surface area contributed by atoms with E-state index in [2.05, 4.69) is 52.1 Å². The number of carbonyl (C=O) groups is 1. The zero-order chi connectivity index (χ0) is 20.7. The van der Waals surface area contributed by atoms with Crippen LogP contribution in [0.4, 0.5) is 0 Å². The van der Waals surface area contributed by atoms with Crippen molar-refractivity contribution in [1.82, 2.24) is 19.8 Å². The first-order valence-corrected chi connectivity index (χ1v) is 9.91. The van der Waals surface area contributed by atoms with Crippen molar-refractivity contribution in [3.05, 3.63) is 57.5 Å². The molecule has 4 rings (SSSR count). The van der Waals surface area contributed by atoms with E-state index in [1.807, 2.05) is 13.0 Å². The van der Waals surface area contributed by atoms with E-state index >= 15 is 0 Å². The average Bonchev–Trinajstić information content (AvgIpc) is 3.03. The van der Waals surface area contributed by atoms with Gasteiger partial charge in [-0.2, -0.15) is 0 Å². The van der Waals surface area contributed by atoms with Gasteiger partial charge in [0.2, 0.25) is 0 Å². The van der Waals surface area contributed by atoms with Gasteiger partial charge in [-0.05, 0) is 48.9 Å². The van der Waals surface area contributed by atoms with Gasteiger partial charge in [-0.1, -0.05) is 13.0 Å². The summed E-state index contributed by atoms with van der Waals surface area (Å²) >= 11 is 0. The van der Waals surface area contributed by atoms with Gasteiger partial charge < -0.3 is 20.0 Å². The Balaban J connectivity index is 1.82. The van der Waals surface area contributed by atoms with Crippen molar-refractivity contribution in [3.8, 4) is 11.3 Å². The van der Waals surface area contributed by atoms with Gasteiger partial charge >= 0.3 is 5.97 Å². The molecular formula is C22H26N4O3. The number of likely N-dealkylation sites (N-methyl/N-ethyl adjacent to an activating group) is 1. The van der Waals surface area contributed by atoms with Crippen LogP contribution in [-0.4, -0.2) is 52.2 Å². The van der Waals surface area contributed by atoms with Gasteiger partial charge in [0, 0.05) is 43.3 Å². The second kappa shape index (κ2) is 7.50. The first-order valence-electron chi connectivity index (χ1n) is 9.91. The summed E-state index contributed by atoms with van der Waals surface area (Å²) in [4.78, 5) is 28.7. The highest BCUT2D eigenvalue weighted by atomic mass is 16.4. The summed E-state index contributed by atoms with van der Waals surface area (Å²) in [5, 5.41) is 13.8. The van der Waals surface area contributed by atoms with Crippen molar-refractivity contribution in [3.63, 3.8) is 0 Å². The second-order valence-corrected chi connectivity index (χ2v) is 7.67. The number of rotatable bonds is 4. The lowest BCUT2D eigenvalue weighted by atomic mass is 10.0. The minimum atomic E-state index is -1.21. The number of aromatic nitrogens is 2. The van der Waals surface area contributed by atoms with E-state index in [1.165, 1.54) is 11.8 Å². The van der Waals surface area contributed by atoms with Crippen molar-refractivity contribution >= 4 is 16.9 Å². The molecule has 3 heterocycles. The Morgan fingerprint density at radius 3 is 2.72 bits per heavy atom. The van der Waals surface area contributed by atoms with Gasteiger partial charge in [0.1, 0.15) is 5.56 Å². The number of nitrogens with zero attached hydrogens (tertiary/aromatic N) is 2. The van der Waals surface area contributed by atoms with Gasteiger partial charge in [-0.15, -0.1) is 0 Å². The molecular weight excluding hydrogens is 368 g/mol. The number of benzene rings is 1. The molecule has 152 valence electrons.